The zero-order valence-electron chi connectivity index (χ0n) is 30.0. The molecule has 1 unspecified atom stereocenters. The average Bonchev–Trinajstić information content (AvgIpc) is 3.71. The predicted octanol–water partition coefficient (Wildman–Crippen LogP) is 6.57. The van der Waals surface area contributed by atoms with Gasteiger partial charge in [0.05, 0.1) is 12.3 Å². The van der Waals surface area contributed by atoms with Crippen LogP contribution in [0.15, 0.2) is 48.8 Å². The van der Waals surface area contributed by atoms with Crippen LogP contribution in [0.3, 0.4) is 0 Å². The number of aryl methyl sites for hydroxylation is 2. The van der Waals surface area contributed by atoms with Gasteiger partial charge in [0.15, 0.2) is 0 Å². The normalized spacial score (nSPS) is 13.6. The number of carbonyl (C=O) groups is 3. The van der Waals surface area contributed by atoms with Crippen LogP contribution in [-0.2, 0) is 21.3 Å². The van der Waals surface area contributed by atoms with E-state index in [0.717, 1.165) is 42.6 Å². The zero-order chi connectivity index (χ0) is 36.4. The SMILES string of the molecule is CC(C)(C)OC(=O)N1CCCCC1.CCC(OC(=O)OC(C)C)n1nnc(-c2c(-c3ccc(C(=O)Nc4ncccc4C)cc3)cnn2C)n1. The van der Waals surface area contributed by atoms with Crippen molar-refractivity contribution in [3.8, 4) is 22.6 Å². The minimum atomic E-state index is -0.802. The Hall–Kier alpha value is -5.34. The Labute approximate surface area is 292 Å². The highest BCUT2D eigenvalue weighted by Crippen LogP contribution is 2.30. The van der Waals surface area contributed by atoms with Gasteiger partial charge in [-0.3, -0.25) is 9.48 Å². The maximum atomic E-state index is 12.7. The Balaban J connectivity index is 0.000000363. The molecule has 50 heavy (non-hydrogen) atoms. The van der Waals surface area contributed by atoms with Crippen LogP contribution in [0.2, 0.25) is 0 Å². The lowest BCUT2D eigenvalue weighted by molar-refractivity contribution is -0.0290. The van der Waals surface area contributed by atoms with Gasteiger partial charge in [0, 0.05) is 43.9 Å². The van der Waals surface area contributed by atoms with Gasteiger partial charge in [-0.2, -0.15) is 5.10 Å². The van der Waals surface area contributed by atoms with Crippen molar-refractivity contribution in [2.75, 3.05) is 18.4 Å². The van der Waals surface area contributed by atoms with E-state index in [1.54, 1.807) is 55.0 Å². The number of tetrazole rings is 1. The number of piperidine rings is 1. The maximum Gasteiger partial charge on any atom is 0.510 e. The molecule has 0 spiro atoms. The van der Waals surface area contributed by atoms with Gasteiger partial charge in [-0.1, -0.05) is 25.1 Å². The van der Waals surface area contributed by atoms with E-state index in [4.69, 9.17) is 14.2 Å². The van der Waals surface area contributed by atoms with Gasteiger partial charge >= 0.3 is 12.2 Å². The molecule has 1 aliphatic rings. The Morgan fingerprint density at radius 1 is 1.00 bits per heavy atom. The molecule has 2 amide bonds. The van der Waals surface area contributed by atoms with Crippen LogP contribution in [0.25, 0.3) is 22.6 Å². The fourth-order valence-electron chi connectivity index (χ4n) is 4.98. The number of likely N-dealkylation sites (tertiary alicyclic amines) is 1. The molecule has 268 valence electrons. The summed E-state index contributed by atoms with van der Waals surface area (Å²) in [7, 11) is 1.77. The van der Waals surface area contributed by atoms with Crippen molar-refractivity contribution in [3.63, 3.8) is 0 Å². The van der Waals surface area contributed by atoms with Crippen LogP contribution in [0.4, 0.5) is 15.4 Å². The van der Waals surface area contributed by atoms with Crippen molar-refractivity contribution < 1.29 is 28.6 Å². The van der Waals surface area contributed by atoms with Crippen molar-refractivity contribution in [1.29, 1.82) is 0 Å². The summed E-state index contributed by atoms with van der Waals surface area (Å²) < 4.78 is 17.3. The number of hydrogen-bond acceptors (Lipinski definition) is 11. The molecule has 0 saturated carbocycles. The van der Waals surface area contributed by atoms with E-state index in [2.05, 4.69) is 30.8 Å². The highest BCUT2D eigenvalue weighted by atomic mass is 16.7. The molecular formula is C35H47N9O6. The molecule has 15 heteroatoms. The van der Waals surface area contributed by atoms with E-state index in [9.17, 15) is 14.4 Å². The van der Waals surface area contributed by atoms with Gasteiger partial charge < -0.3 is 24.4 Å². The predicted molar refractivity (Wildman–Crippen MR) is 186 cm³/mol. The third kappa shape index (κ3) is 10.3. The first-order chi connectivity index (χ1) is 23.8. The molecule has 0 aliphatic carbocycles. The first-order valence-corrected chi connectivity index (χ1v) is 16.8. The molecule has 3 aromatic heterocycles. The lowest BCUT2D eigenvalue weighted by atomic mass is 10.0. The summed E-state index contributed by atoms with van der Waals surface area (Å²) in [4.78, 5) is 43.4. The smallest absolute Gasteiger partial charge is 0.444 e. The topological polar surface area (TPSA) is 168 Å². The van der Waals surface area contributed by atoms with Crippen LogP contribution in [-0.4, -0.2) is 82.8 Å². The molecule has 1 N–H and O–H groups in total. The largest absolute Gasteiger partial charge is 0.510 e. The first kappa shape index (κ1) is 37.5. The molecule has 5 rings (SSSR count). The van der Waals surface area contributed by atoms with E-state index < -0.39 is 12.4 Å². The fraction of sp³-hybridized carbons (Fsp3) is 0.486. The lowest BCUT2D eigenvalue weighted by Gasteiger charge is -2.29. The number of nitrogens with one attached hydrogen (secondary N) is 1. The molecule has 0 bridgehead atoms. The van der Waals surface area contributed by atoms with E-state index in [1.165, 1.54) is 11.2 Å². The van der Waals surface area contributed by atoms with Crippen molar-refractivity contribution in [1.82, 2.24) is 39.9 Å². The van der Waals surface area contributed by atoms with Crippen molar-refractivity contribution in [2.24, 2.45) is 7.05 Å². The third-order valence-electron chi connectivity index (χ3n) is 7.46. The number of aromatic nitrogens is 7. The number of ether oxygens (including phenoxy) is 3. The number of rotatable bonds is 8. The molecule has 1 fully saturated rings. The van der Waals surface area contributed by atoms with Crippen molar-refractivity contribution in [2.45, 2.75) is 92.1 Å². The van der Waals surface area contributed by atoms with Crippen LogP contribution >= 0.6 is 0 Å². The summed E-state index contributed by atoms with van der Waals surface area (Å²) in [5, 5.41) is 19.9. The highest BCUT2D eigenvalue weighted by molar-refractivity contribution is 6.04. The molecule has 0 radical (unpaired) electrons. The second-order valence-electron chi connectivity index (χ2n) is 13.1. The van der Waals surface area contributed by atoms with Crippen LogP contribution < -0.4 is 5.32 Å². The quantitative estimate of drug-likeness (QED) is 0.199. The number of pyridine rings is 1. The molecule has 4 aromatic rings. The van der Waals surface area contributed by atoms with Gasteiger partial charge in [-0.25, -0.2) is 14.6 Å². The number of carbonyl (C=O) groups excluding carboxylic acids is 3. The number of benzene rings is 1. The zero-order valence-corrected chi connectivity index (χ0v) is 30.0. The van der Waals surface area contributed by atoms with Crippen LogP contribution in [0, 0.1) is 6.92 Å². The second kappa shape index (κ2) is 16.9. The van der Waals surface area contributed by atoms with Gasteiger partial charge in [0.2, 0.25) is 12.1 Å². The molecule has 1 saturated heterocycles. The summed E-state index contributed by atoms with van der Waals surface area (Å²) in [6.07, 6.45) is 5.15. The molecule has 4 heterocycles. The molecule has 15 nitrogen and oxygen atoms in total. The monoisotopic (exact) mass is 689 g/mol. The molecule has 1 aromatic carbocycles. The summed E-state index contributed by atoms with van der Waals surface area (Å²) in [6.45, 7) is 14.6. The summed E-state index contributed by atoms with van der Waals surface area (Å²) in [5.74, 6) is 0.569. The minimum absolute atomic E-state index is 0.160. The fourth-order valence-corrected chi connectivity index (χ4v) is 4.98. The third-order valence-corrected chi connectivity index (χ3v) is 7.46. The Morgan fingerprint density at radius 3 is 2.32 bits per heavy atom. The standard InChI is InChI=1S/C25H28N8O4.C10H19NO2/c1-6-20(37-25(35)36-15(2)3)33-30-23(29-31-33)21-19(14-27-32(21)5)17-9-11-18(12-10-17)24(34)28-22-16(4)8-7-13-26-22;1-10(2,3)13-9(12)11-7-5-4-6-8-11/h7-15,20H,6H2,1-5H3,(H,26,28,34);4-8H2,1-3H3. The van der Waals surface area contributed by atoms with E-state index in [-0.39, 0.29) is 23.7 Å². The summed E-state index contributed by atoms with van der Waals surface area (Å²) >= 11 is 0. The van der Waals surface area contributed by atoms with Gasteiger partial charge in [0.1, 0.15) is 17.1 Å². The Bertz CT molecular complexity index is 1740. The van der Waals surface area contributed by atoms with Gasteiger partial charge in [-0.15, -0.1) is 15.0 Å². The number of hydrogen-bond donors (Lipinski definition) is 1. The Kier molecular flexibility index (Phi) is 12.6. The van der Waals surface area contributed by atoms with Gasteiger partial charge in [0.25, 0.3) is 5.91 Å². The second-order valence-corrected chi connectivity index (χ2v) is 13.1. The van der Waals surface area contributed by atoms with Gasteiger partial charge in [-0.05, 0) is 95.3 Å². The number of anilines is 1. The molecular weight excluding hydrogens is 642 g/mol. The average molecular weight is 690 g/mol. The van der Waals surface area contributed by atoms with Crippen LogP contribution in [0.1, 0.15) is 89.4 Å². The highest BCUT2D eigenvalue weighted by Gasteiger charge is 2.24. The van der Waals surface area contributed by atoms with Crippen molar-refractivity contribution in [3.05, 3.63) is 59.9 Å². The molecule has 1 atom stereocenters. The van der Waals surface area contributed by atoms with E-state index >= 15 is 0 Å². The van der Waals surface area contributed by atoms with Crippen LogP contribution in [0.5, 0.6) is 0 Å². The van der Waals surface area contributed by atoms with Crippen molar-refractivity contribution >= 4 is 24.0 Å². The Morgan fingerprint density at radius 2 is 1.70 bits per heavy atom. The number of nitrogens with zero attached hydrogens (tertiary/aromatic N) is 8. The lowest BCUT2D eigenvalue weighted by Crippen LogP contribution is -2.39. The van der Waals surface area contributed by atoms with E-state index in [1.807, 2.05) is 58.9 Å². The first-order valence-electron chi connectivity index (χ1n) is 16.8. The van der Waals surface area contributed by atoms with E-state index in [0.29, 0.717) is 29.3 Å². The molecule has 1 aliphatic heterocycles. The summed E-state index contributed by atoms with van der Waals surface area (Å²) in [5.41, 5.74) is 3.18. The maximum absolute atomic E-state index is 12.7. The number of amides is 2. The summed E-state index contributed by atoms with van der Waals surface area (Å²) in [6, 6.07) is 10.8. The minimum Gasteiger partial charge on any atom is -0.444 e.